The topological polar surface area (TPSA) is 55.8 Å². The molecule has 1 heterocycles. The van der Waals surface area contributed by atoms with Gasteiger partial charge in [-0.3, -0.25) is 14.6 Å². The first kappa shape index (κ1) is 17.8. The van der Waals surface area contributed by atoms with Gasteiger partial charge in [0.05, 0.1) is 12.6 Å². The highest BCUT2D eigenvalue weighted by molar-refractivity contribution is 5.77. The van der Waals surface area contributed by atoms with Gasteiger partial charge in [0, 0.05) is 39.3 Å². The highest BCUT2D eigenvalue weighted by Gasteiger charge is 2.21. The predicted octanol–water partition coefficient (Wildman–Crippen LogP) is 0.921. The van der Waals surface area contributed by atoms with E-state index in [2.05, 4.69) is 15.1 Å². The number of carbonyl (C=O) groups is 1. The van der Waals surface area contributed by atoms with Crippen LogP contribution in [0.5, 0.6) is 0 Å². The van der Waals surface area contributed by atoms with E-state index >= 15 is 0 Å². The van der Waals surface area contributed by atoms with Crippen molar-refractivity contribution < 1.29 is 14.3 Å². The number of aliphatic hydroxyl groups is 1. The lowest BCUT2D eigenvalue weighted by Gasteiger charge is -2.35. The number of rotatable bonds is 6. The maximum Gasteiger partial charge on any atom is 0.234 e. The van der Waals surface area contributed by atoms with Crippen LogP contribution in [0.2, 0.25) is 0 Å². The van der Waals surface area contributed by atoms with E-state index in [9.17, 15) is 14.3 Å². The SMILES string of the molecule is CCNC(=O)CN1CCN(CC(O)c2ccc(F)cc2C)CC1. The second kappa shape index (κ2) is 8.38. The Morgan fingerprint density at radius 1 is 1.30 bits per heavy atom. The standard InChI is InChI=1S/C17H26FN3O2/c1-3-19-17(23)12-21-8-6-20(7-9-21)11-16(22)15-5-4-14(18)10-13(15)2/h4-5,10,16,22H,3,6-9,11-12H2,1-2H3,(H,19,23). The summed E-state index contributed by atoms with van der Waals surface area (Å²) in [7, 11) is 0. The van der Waals surface area contributed by atoms with Gasteiger partial charge >= 0.3 is 0 Å². The summed E-state index contributed by atoms with van der Waals surface area (Å²) in [5.41, 5.74) is 1.54. The van der Waals surface area contributed by atoms with Gasteiger partial charge in [-0.2, -0.15) is 0 Å². The number of piperazine rings is 1. The summed E-state index contributed by atoms with van der Waals surface area (Å²) in [5.74, 6) is -0.222. The van der Waals surface area contributed by atoms with E-state index in [1.54, 1.807) is 6.07 Å². The fourth-order valence-corrected chi connectivity index (χ4v) is 2.94. The van der Waals surface area contributed by atoms with Gasteiger partial charge in [0.1, 0.15) is 5.82 Å². The zero-order valence-corrected chi connectivity index (χ0v) is 13.9. The quantitative estimate of drug-likeness (QED) is 0.817. The zero-order valence-electron chi connectivity index (χ0n) is 13.9. The van der Waals surface area contributed by atoms with Gasteiger partial charge in [0.15, 0.2) is 0 Å². The number of hydrogen-bond acceptors (Lipinski definition) is 4. The molecule has 0 radical (unpaired) electrons. The number of nitrogens with zero attached hydrogens (tertiary/aromatic N) is 2. The molecule has 1 aromatic carbocycles. The number of aliphatic hydroxyl groups excluding tert-OH is 1. The van der Waals surface area contributed by atoms with Crippen LogP contribution in [0.3, 0.4) is 0 Å². The first-order chi connectivity index (χ1) is 11.0. The molecule has 5 nitrogen and oxygen atoms in total. The van der Waals surface area contributed by atoms with Crippen molar-refractivity contribution in [2.45, 2.75) is 20.0 Å². The number of nitrogens with one attached hydrogen (secondary N) is 1. The Morgan fingerprint density at radius 2 is 1.96 bits per heavy atom. The first-order valence-corrected chi connectivity index (χ1v) is 8.15. The third-order valence-electron chi connectivity index (χ3n) is 4.23. The van der Waals surface area contributed by atoms with Gasteiger partial charge in [-0.25, -0.2) is 4.39 Å². The minimum Gasteiger partial charge on any atom is -0.387 e. The molecule has 0 saturated carbocycles. The Morgan fingerprint density at radius 3 is 2.57 bits per heavy atom. The fraction of sp³-hybridized carbons (Fsp3) is 0.588. The van der Waals surface area contributed by atoms with E-state index in [1.165, 1.54) is 12.1 Å². The lowest BCUT2D eigenvalue weighted by atomic mass is 10.0. The number of likely N-dealkylation sites (N-methyl/N-ethyl adjacent to an activating group) is 1. The molecule has 1 saturated heterocycles. The maximum atomic E-state index is 13.1. The van der Waals surface area contributed by atoms with Crippen LogP contribution in [-0.4, -0.2) is 66.6 Å². The van der Waals surface area contributed by atoms with E-state index in [-0.39, 0.29) is 11.7 Å². The summed E-state index contributed by atoms with van der Waals surface area (Å²) in [6.07, 6.45) is -0.620. The Labute approximate surface area is 137 Å². The number of benzene rings is 1. The van der Waals surface area contributed by atoms with Crippen LogP contribution in [0, 0.1) is 12.7 Å². The van der Waals surface area contributed by atoms with Crippen LogP contribution in [-0.2, 0) is 4.79 Å². The van der Waals surface area contributed by atoms with Crippen LogP contribution in [0.25, 0.3) is 0 Å². The van der Waals surface area contributed by atoms with Crippen molar-refractivity contribution >= 4 is 5.91 Å². The van der Waals surface area contributed by atoms with Crippen molar-refractivity contribution in [2.75, 3.05) is 45.8 Å². The van der Waals surface area contributed by atoms with Gasteiger partial charge in [-0.05, 0) is 37.1 Å². The smallest absolute Gasteiger partial charge is 0.234 e. The Balaban J connectivity index is 1.80. The monoisotopic (exact) mass is 323 g/mol. The Kier molecular flexibility index (Phi) is 6.50. The van der Waals surface area contributed by atoms with Crippen molar-refractivity contribution in [3.63, 3.8) is 0 Å². The number of halogens is 1. The molecule has 2 N–H and O–H groups in total. The van der Waals surface area contributed by atoms with Crippen molar-refractivity contribution in [1.29, 1.82) is 0 Å². The summed E-state index contributed by atoms with van der Waals surface area (Å²) in [5, 5.41) is 13.2. The molecule has 23 heavy (non-hydrogen) atoms. The Hall–Kier alpha value is -1.50. The molecule has 2 rings (SSSR count). The van der Waals surface area contributed by atoms with Crippen molar-refractivity contribution in [1.82, 2.24) is 15.1 Å². The van der Waals surface area contributed by atoms with E-state index in [1.807, 2.05) is 13.8 Å². The van der Waals surface area contributed by atoms with Gasteiger partial charge in [0.2, 0.25) is 5.91 Å². The molecule has 1 unspecified atom stereocenters. The second-order valence-corrected chi connectivity index (χ2v) is 6.05. The number of β-amino-alcohol motifs (C(OH)–C–C–N with tert-alkyl or cyclic N) is 1. The summed E-state index contributed by atoms with van der Waals surface area (Å²) < 4.78 is 13.1. The molecular formula is C17H26FN3O2. The summed E-state index contributed by atoms with van der Waals surface area (Å²) >= 11 is 0. The summed E-state index contributed by atoms with van der Waals surface area (Å²) in [6.45, 7) is 8.59. The van der Waals surface area contributed by atoms with Crippen molar-refractivity contribution in [2.24, 2.45) is 0 Å². The second-order valence-electron chi connectivity index (χ2n) is 6.05. The maximum absolute atomic E-state index is 13.1. The summed E-state index contributed by atoms with van der Waals surface area (Å²) in [4.78, 5) is 15.9. The number of carbonyl (C=O) groups excluding carboxylic acids is 1. The van der Waals surface area contributed by atoms with Crippen LogP contribution >= 0.6 is 0 Å². The van der Waals surface area contributed by atoms with E-state index in [0.29, 0.717) is 19.6 Å². The largest absolute Gasteiger partial charge is 0.387 e. The molecule has 128 valence electrons. The lowest BCUT2D eigenvalue weighted by molar-refractivity contribution is -0.122. The third kappa shape index (κ3) is 5.27. The molecule has 1 fully saturated rings. The Bertz CT molecular complexity index is 531. The van der Waals surface area contributed by atoms with Crippen LogP contribution in [0.1, 0.15) is 24.2 Å². The van der Waals surface area contributed by atoms with Crippen LogP contribution in [0.4, 0.5) is 4.39 Å². The predicted molar refractivity (Wildman–Crippen MR) is 87.7 cm³/mol. The average Bonchev–Trinajstić information content (AvgIpc) is 2.49. The number of aryl methyl sites for hydroxylation is 1. The van der Waals surface area contributed by atoms with Gasteiger partial charge < -0.3 is 10.4 Å². The van der Waals surface area contributed by atoms with E-state index < -0.39 is 6.10 Å². The third-order valence-corrected chi connectivity index (χ3v) is 4.23. The zero-order chi connectivity index (χ0) is 16.8. The molecule has 0 aliphatic carbocycles. The molecule has 1 aliphatic heterocycles. The molecule has 6 heteroatoms. The molecule has 0 aromatic heterocycles. The van der Waals surface area contributed by atoms with E-state index in [0.717, 1.165) is 37.3 Å². The van der Waals surface area contributed by atoms with Crippen molar-refractivity contribution in [3.8, 4) is 0 Å². The van der Waals surface area contributed by atoms with Gasteiger partial charge in [-0.1, -0.05) is 6.07 Å². The fourth-order valence-electron chi connectivity index (χ4n) is 2.94. The van der Waals surface area contributed by atoms with Crippen LogP contribution < -0.4 is 5.32 Å². The average molecular weight is 323 g/mol. The normalized spacial score (nSPS) is 17.9. The van der Waals surface area contributed by atoms with Gasteiger partial charge in [0.25, 0.3) is 0 Å². The number of hydrogen-bond donors (Lipinski definition) is 2. The molecule has 0 bridgehead atoms. The summed E-state index contributed by atoms with van der Waals surface area (Å²) in [6, 6.07) is 4.49. The molecule has 0 spiro atoms. The molecule has 1 aliphatic rings. The van der Waals surface area contributed by atoms with Crippen molar-refractivity contribution in [3.05, 3.63) is 35.1 Å². The first-order valence-electron chi connectivity index (χ1n) is 8.15. The number of amides is 1. The molecular weight excluding hydrogens is 297 g/mol. The minimum atomic E-state index is -0.620. The highest BCUT2D eigenvalue weighted by Crippen LogP contribution is 2.20. The van der Waals surface area contributed by atoms with Gasteiger partial charge in [-0.15, -0.1) is 0 Å². The molecule has 1 aromatic rings. The molecule has 1 atom stereocenters. The lowest BCUT2D eigenvalue weighted by Crippen LogP contribution is -2.50. The highest BCUT2D eigenvalue weighted by atomic mass is 19.1. The van der Waals surface area contributed by atoms with Crippen LogP contribution in [0.15, 0.2) is 18.2 Å². The minimum absolute atomic E-state index is 0.0583. The van der Waals surface area contributed by atoms with E-state index in [4.69, 9.17) is 0 Å². The molecule has 1 amide bonds.